The molecule has 3 rings (SSSR count). The highest BCUT2D eigenvalue weighted by atomic mass is 32.1. The van der Waals surface area contributed by atoms with Crippen LogP contribution in [0.4, 0.5) is 8.78 Å². The number of nitrogens with one attached hydrogen (secondary N) is 2. The Morgan fingerprint density at radius 2 is 2.07 bits per heavy atom. The van der Waals surface area contributed by atoms with E-state index in [9.17, 15) is 8.78 Å². The highest BCUT2D eigenvalue weighted by molar-refractivity contribution is 7.09. The van der Waals surface area contributed by atoms with Gasteiger partial charge in [0.05, 0.1) is 23.8 Å². The first kappa shape index (κ1) is 20.1. The number of aryl methyl sites for hydroxylation is 1. The van der Waals surface area contributed by atoms with Crippen molar-refractivity contribution >= 4 is 17.3 Å². The molecular weight excluding hydrogens is 390 g/mol. The number of alkyl halides is 2. The van der Waals surface area contributed by atoms with Gasteiger partial charge >= 0.3 is 6.61 Å². The van der Waals surface area contributed by atoms with Crippen molar-refractivity contribution in [2.45, 2.75) is 40.0 Å². The Balaban J connectivity index is 1.72. The number of hydrogen-bond acceptors (Lipinski definition) is 6. The van der Waals surface area contributed by atoms with Crippen LogP contribution >= 0.6 is 11.3 Å². The number of benzene rings is 1. The van der Waals surface area contributed by atoms with Crippen LogP contribution in [0.5, 0.6) is 17.2 Å². The summed E-state index contributed by atoms with van der Waals surface area (Å²) >= 11 is 1.62. The second-order valence-electron chi connectivity index (χ2n) is 5.83. The number of fused-ring (bicyclic) bond motifs is 1. The first-order valence-corrected chi connectivity index (χ1v) is 9.79. The van der Waals surface area contributed by atoms with Gasteiger partial charge in [0.25, 0.3) is 0 Å². The molecular formula is C18H22F2N4O3S. The van der Waals surface area contributed by atoms with Crippen molar-refractivity contribution in [1.29, 1.82) is 0 Å². The first-order chi connectivity index (χ1) is 13.6. The molecule has 1 aromatic heterocycles. The summed E-state index contributed by atoms with van der Waals surface area (Å²) in [6.45, 7) is 2.42. The van der Waals surface area contributed by atoms with Crippen molar-refractivity contribution in [1.82, 2.24) is 15.6 Å². The summed E-state index contributed by atoms with van der Waals surface area (Å²) in [5.41, 5.74) is 1.40. The SMILES string of the molecule is CCNC(=NCc1cc2c(cc1OC(F)F)OCO2)NCc1csc(CC)n1. The summed E-state index contributed by atoms with van der Waals surface area (Å²) in [5, 5.41) is 9.40. The van der Waals surface area contributed by atoms with Crippen molar-refractivity contribution in [3.05, 3.63) is 33.8 Å². The fraction of sp³-hybridized carbons (Fsp3) is 0.444. The first-order valence-electron chi connectivity index (χ1n) is 8.91. The smallest absolute Gasteiger partial charge is 0.387 e. The molecule has 152 valence electrons. The highest BCUT2D eigenvalue weighted by Gasteiger charge is 2.20. The maximum Gasteiger partial charge on any atom is 0.387 e. The van der Waals surface area contributed by atoms with Crippen LogP contribution in [0.1, 0.15) is 30.1 Å². The number of ether oxygens (including phenoxy) is 3. The van der Waals surface area contributed by atoms with Crippen LogP contribution in [0.15, 0.2) is 22.5 Å². The second-order valence-corrected chi connectivity index (χ2v) is 6.77. The third-order valence-corrected chi connectivity index (χ3v) is 4.90. The lowest BCUT2D eigenvalue weighted by molar-refractivity contribution is -0.0505. The van der Waals surface area contributed by atoms with E-state index in [2.05, 4.69) is 32.3 Å². The van der Waals surface area contributed by atoms with Gasteiger partial charge in [-0.2, -0.15) is 8.78 Å². The van der Waals surface area contributed by atoms with E-state index in [1.165, 1.54) is 6.07 Å². The zero-order chi connectivity index (χ0) is 19.9. The number of aliphatic imine (C=N–C) groups is 1. The molecule has 2 heterocycles. The minimum absolute atomic E-state index is 0.0194. The molecule has 10 heteroatoms. The molecule has 2 N–H and O–H groups in total. The molecule has 0 atom stereocenters. The van der Waals surface area contributed by atoms with Crippen molar-refractivity contribution in [3.8, 4) is 17.2 Å². The monoisotopic (exact) mass is 412 g/mol. The van der Waals surface area contributed by atoms with E-state index in [1.54, 1.807) is 17.4 Å². The molecule has 0 saturated carbocycles. The van der Waals surface area contributed by atoms with Gasteiger partial charge in [0.2, 0.25) is 6.79 Å². The van der Waals surface area contributed by atoms with E-state index in [4.69, 9.17) is 9.47 Å². The average molecular weight is 412 g/mol. The Bertz CT molecular complexity index is 829. The molecule has 1 aliphatic heterocycles. The lowest BCUT2D eigenvalue weighted by Crippen LogP contribution is -2.36. The predicted molar refractivity (Wildman–Crippen MR) is 102 cm³/mol. The van der Waals surface area contributed by atoms with Gasteiger partial charge in [-0.1, -0.05) is 6.92 Å². The van der Waals surface area contributed by atoms with Gasteiger partial charge in [0.1, 0.15) is 5.75 Å². The van der Waals surface area contributed by atoms with Crippen LogP contribution in [-0.2, 0) is 19.5 Å². The fourth-order valence-corrected chi connectivity index (χ4v) is 3.31. The Morgan fingerprint density at radius 1 is 1.29 bits per heavy atom. The van der Waals surface area contributed by atoms with Crippen LogP contribution < -0.4 is 24.8 Å². The molecule has 0 saturated heterocycles. The summed E-state index contributed by atoms with van der Waals surface area (Å²) in [7, 11) is 0. The molecule has 28 heavy (non-hydrogen) atoms. The lowest BCUT2D eigenvalue weighted by Gasteiger charge is -2.13. The van der Waals surface area contributed by atoms with E-state index in [1.807, 2.05) is 12.3 Å². The maximum atomic E-state index is 12.8. The molecule has 0 unspecified atom stereocenters. The third kappa shape index (κ3) is 5.22. The van der Waals surface area contributed by atoms with Gasteiger partial charge in [-0.05, 0) is 19.4 Å². The average Bonchev–Trinajstić information content (AvgIpc) is 3.32. The van der Waals surface area contributed by atoms with E-state index in [0.717, 1.165) is 17.1 Å². The number of guanidine groups is 1. The van der Waals surface area contributed by atoms with Gasteiger partial charge in [0.15, 0.2) is 17.5 Å². The summed E-state index contributed by atoms with van der Waals surface area (Å²) in [6, 6.07) is 3.02. The predicted octanol–water partition coefficient (Wildman–Crippen LogP) is 3.29. The van der Waals surface area contributed by atoms with E-state index < -0.39 is 6.61 Å². The normalized spacial score (nSPS) is 13.1. The van der Waals surface area contributed by atoms with Crippen molar-refractivity contribution in [2.24, 2.45) is 4.99 Å². The molecule has 7 nitrogen and oxygen atoms in total. The topological polar surface area (TPSA) is 77.0 Å². The van der Waals surface area contributed by atoms with E-state index in [-0.39, 0.29) is 19.1 Å². The van der Waals surface area contributed by atoms with Crippen LogP contribution in [0.3, 0.4) is 0 Å². The number of rotatable bonds is 8. The quantitative estimate of drug-likeness (QED) is 0.512. The van der Waals surface area contributed by atoms with Crippen LogP contribution in [0.2, 0.25) is 0 Å². The molecule has 0 aliphatic carbocycles. The minimum atomic E-state index is -2.94. The minimum Gasteiger partial charge on any atom is -0.454 e. The largest absolute Gasteiger partial charge is 0.454 e. The van der Waals surface area contributed by atoms with Crippen molar-refractivity contribution in [2.75, 3.05) is 13.3 Å². The van der Waals surface area contributed by atoms with Crippen LogP contribution in [-0.4, -0.2) is 30.9 Å². The van der Waals surface area contributed by atoms with Crippen LogP contribution in [0.25, 0.3) is 0 Å². The number of thiazole rings is 1. The van der Waals surface area contributed by atoms with Crippen LogP contribution in [0, 0.1) is 0 Å². The summed E-state index contributed by atoms with van der Waals surface area (Å²) in [6.07, 6.45) is 0.899. The highest BCUT2D eigenvalue weighted by Crippen LogP contribution is 2.39. The molecule has 0 radical (unpaired) electrons. The molecule has 1 aromatic carbocycles. The van der Waals surface area contributed by atoms with Gasteiger partial charge in [0, 0.05) is 23.6 Å². The number of hydrogen-bond donors (Lipinski definition) is 2. The molecule has 1 aliphatic rings. The summed E-state index contributed by atoms with van der Waals surface area (Å²) in [4.78, 5) is 8.97. The van der Waals surface area contributed by atoms with Gasteiger partial charge in [-0.3, -0.25) is 0 Å². The molecule has 0 fully saturated rings. The Labute approximate surface area is 165 Å². The number of aromatic nitrogens is 1. The molecule has 0 bridgehead atoms. The molecule has 0 spiro atoms. The van der Waals surface area contributed by atoms with Gasteiger partial charge in [-0.15, -0.1) is 11.3 Å². The van der Waals surface area contributed by atoms with E-state index in [0.29, 0.717) is 36.1 Å². The standard InChI is InChI=1S/C18H22F2N4O3S/c1-3-16-24-12(9-28-16)8-23-18(21-4-2)22-7-11-5-14-15(26-10-25-14)6-13(11)27-17(19)20/h5-6,9,17H,3-4,7-8,10H2,1-2H3,(H2,21,22,23). The molecule has 0 amide bonds. The zero-order valence-electron chi connectivity index (χ0n) is 15.6. The van der Waals surface area contributed by atoms with E-state index >= 15 is 0 Å². The van der Waals surface area contributed by atoms with Gasteiger partial charge in [-0.25, -0.2) is 9.98 Å². The lowest BCUT2D eigenvalue weighted by atomic mass is 10.1. The maximum absolute atomic E-state index is 12.8. The Hall–Kier alpha value is -2.62. The Kier molecular flexibility index (Phi) is 6.85. The fourth-order valence-electron chi connectivity index (χ4n) is 2.57. The Morgan fingerprint density at radius 3 is 2.75 bits per heavy atom. The zero-order valence-corrected chi connectivity index (χ0v) is 16.4. The summed E-state index contributed by atoms with van der Waals surface area (Å²) < 4.78 is 40.7. The third-order valence-electron chi connectivity index (χ3n) is 3.86. The van der Waals surface area contributed by atoms with Crippen molar-refractivity contribution < 1.29 is 23.0 Å². The second kappa shape index (κ2) is 9.54. The number of nitrogens with zero attached hydrogens (tertiary/aromatic N) is 2. The van der Waals surface area contributed by atoms with Gasteiger partial charge < -0.3 is 24.8 Å². The van der Waals surface area contributed by atoms with Crippen molar-refractivity contribution in [3.63, 3.8) is 0 Å². The summed E-state index contributed by atoms with van der Waals surface area (Å²) in [5.74, 6) is 1.43. The molecule has 2 aromatic rings. The number of halogens is 2.